The minimum atomic E-state index is -3.55. The van der Waals surface area contributed by atoms with Crippen molar-refractivity contribution in [3.63, 3.8) is 0 Å². The van der Waals surface area contributed by atoms with Crippen molar-refractivity contribution in [1.29, 1.82) is 0 Å². The Morgan fingerprint density at radius 1 is 1.19 bits per heavy atom. The smallest absolute Gasteiger partial charge is 0.241 e. The number of aryl methyl sites for hydroxylation is 1. The van der Waals surface area contributed by atoms with E-state index in [1.54, 1.807) is 29.5 Å². The van der Waals surface area contributed by atoms with Gasteiger partial charge in [-0.2, -0.15) is 0 Å². The largest absolute Gasteiger partial charge is 0.324 e. The number of hydrogen-bond donors (Lipinski definition) is 2. The number of thiophene rings is 1. The fourth-order valence-corrected chi connectivity index (χ4v) is 4.24. The molecule has 1 heterocycles. The molecular weight excluding hydrogens is 304 g/mol. The van der Waals surface area contributed by atoms with Gasteiger partial charge in [0.15, 0.2) is 0 Å². The molecule has 6 heteroatoms. The van der Waals surface area contributed by atoms with Crippen LogP contribution in [0.15, 0.2) is 41.3 Å². The van der Waals surface area contributed by atoms with Gasteiger partial charge in [0, 0.05) is 15.8 Å². The van der Waals surface area contributed by atoms with E-state index in [0.29, 0.717) is 0 Å². The van der Waals surface area contributed by atoms with Gasteiger partial charge in [-0.15, -0.1) is 11.3 Å². The van der Waals surface area contributed by atoms with Gasteiger partial charge in [0.05, 0.1) is 10.9 Å². The average molecular weight is 324 g/mol. The highest BCUT2D eigenvalue weighted by Crippen LogP contribution is 2.24. The Kier molecular flexibility index (Phi) is 4.83. The van der Waals surface area contributed by atoms with Crippen LogP contribution in [0.4, 0.5) is 0 Å². The molecule has 0 spiro atoms. The summed E-state index contributed by atoms with van der Waals surface area (Å²) in [6.07, 6.45) is 0. The molecule has 0 aliphatic carbocycles. The maximum atomic E-state index is 12.5. The quantitative estimate of drug-likeness (QED) is 0.887. The summed E-state index contributed by atoms with van der Waals surface area (Å²) >= 11 is 1.59. The minimum Gasteiger partial charge on any atom is -0.324 e. The summed E-state index contributed by atoms with van der Waals surface area (Å²) in [5.74, 6) is 0. The lowest BCUT2D eigenvalue weighted by Gasteiger charge is -2.14. The van der Waals surface area contributed by atoms with Crippen LogP contribution in [0.25, 0.3) is 0 Å². The molecule has 2 aromatic rings. The van der Waals surface area contributed by atoms with Gasteiger partial charge in [-0.3, -0.25) is 0 Å². The van der Waals surface area contributed by atoms with Crippen LogP contribution >= 0.6 is 11.3 Å². The molecule has 0 radical (unpaired) electrons. The summed E-state index contributed by atoms with van der Waals surface area (Å²) in [5, 5.41) is 0. The van der Waals surface area contributed by atoms with E-state index >= 15 is 0 Å². The average Bonchev–Trinajstić information content (AvgIpc) is 2.85. The monoisotopic (exact) mass is 324 g/mol. The lowest BCUT2D eigenvalue weighted by Crippen LogP contribution is -2.26. The van der Waals surface area contributed by atoms with Crippen LogP contribution < -0.4 is 10.5 Å². The van der Waals surface area contributed by atoms with Crippen LogP contribution in [0.3, 0.4) is 0 Å². The molecule has 0 saturated heterocycles. The van der Waals surface area contributed by atoms with E-state index in [9.17, 15) is 8.42 Å². The van der Waals surface area contributed by atoms with Gasteiger partial charge < -0.3 is 5.73 Å². The molecule has 1 aromatic carbocycles. The summed E-state index contributed by atoms with van der Waals surface area (Å²) in [7, 11) is -3.55. The Hall–Kier alpha value is -1.21. The van der Waals surface area contributed by atoms with Crippen molar-refractivity contribution >= 4 is 21.4 Å². The van der Waals surface area contributed by atoms with E-state index in [1.807, 2.05) is 39.0 Å². The summed E-state index contributed by atoms with van der Waals surface area (Å²) < 4.78 is 27.6. The molecule has 2 rings (SSSR count). The first kappa shape index (κ1) is 16.2. The summed E-state index contributed by atoms with van der Waals surface area (Å²) in [6, 6.07) is 10.2. The molecule has 4 nitrogen and oxygen atoms in total. The van der Waals surface area contributed by atoms with E-state index in [2.05, 4.69) is 4.72 Å². The third kappa shape index (κ3) is 3.91. The highest BCUT2D eigenvalue weighted by Gasteiger charge is 2.19. The third-order valence-corrected chi connectivity index (χ3v) is 5.94. The van der Waals surface area contributed by atoms with E-state index in [0.717, 1.165) is 15.3 Å². The molecule has 0 fully saturated rings. The van der Waals surface area contributed by atoms with Crippen molar-refractivity contribution in [3.05, 3.63) is 51.7 Å². The minimum absolute atomic E-state index is 0.197. The van der Waals surface area contributed by atoms with Crippen LogP contribution in [0.1, 0.15) is 41.2 Å². The molecule has 3 N–H and O–H groups in total. The van der Waals surface area contributed by atoms with Gasteiger partial charge in [-0.05, 0) is 50.6 Å². The number of hydrogen-bond acceptors (Lipinski definition) is 4. The Morgan fingerprint density at radius 2 is 1.90 bits per heavy atom. The maximum Gasteiger partial charge on any atom is 0.241 e. The molecular formula is C15H20N2O2S2. The van der Waals surface area contributed by atoms with E-state index in [-0.39, 0.29) is 17.0 Å². The van der Waals surface area contributed by atoms with E-state index in [4.69, 9.17) is 5.73 Å². The molecule has 1 aromatic heterocycles. The lowest BCUT2D eigenvalue weighted by molar-refractivity contribution is 0.568. The molecule has 2 atom stereocenters. The Labute approximate surface area is 130 Å². The van der Waals surface area contributed by atoms with Crippen LogP contribution in [0.5, 0.6) is 0 Å². The second-order valence-corrected chi connectivity index (χ2v) is 8.19. The first-order chi connectivity index (χ1) is 9.79. The zero-order valence-corrected chi connectivity index (χ0v) is 14.0. The highest BCUT2D eigenvalue weighted by atomic mass is 32.2. The fraction of sp³-hybridized carbons (Fsp3) is 0.333. The van der Waals surface area contributed by atoms with Crippen molar-refractivity contribution in [3.8, 4) is 0 Å². The number of rotatable bonds is 5. The van der Waals surface area contributed by atoms with Crippen molar-refractivity contribution in [2.75, 3.05) is 0 Å². The third-order valence-electron chi connectivity index (χ3n) is 3.21. The van der Waals surface area contributed by atoms with Crippen LogP contribution in [0, 0.1) is 6.92 Å². The molecule has 0 amide bonds. The zero-order chi connectivity index (χ0) is 15.6. The molecule has 2 unspecified atom stereocenters. The lowest BCUT2D eigenvalue weighted by atomic mass is 10.1. The summed E-state index contributed by atoms with van der Waals surface area (Å²) in [6.45, 7) is 5.68. The van der Waals surface area contributed by atoms with Crippen LogP contribution in [-0.2, 0) is 10.0 Å². The van der Waals surface area contributed by atoms with Gasteiger partial charge in [0.1, 0.15) is 0 Å². The van der Waals surface area contributed by atoms with Crippen LogP contribution in [0.2, 0.25) is 0 Å². The molecule has 0 aliphatic rings. The van der Waals surface area contributed by atoms with E-state index in [1.165, 1.54) is 0 Å². The molecule has 21 heavy (non-hydrogen) atoms. The van der Waals surface area contributed by atoms with Gasteiger partial charge in [-0.1, -0.05) is 12.1 Å². The van der Waals surface area contributed by atoms with Crippen molar-refractivity contribution in [1.82, 2.24) is 4.72 Å². The number of nitrogens with two attached hydrogens (primary N) is 1. The maximum absolute atomic E-state index is 12.5. The SMILES string of the molecule is Cc1ccc(C(C)NS(=O)(=O)c2cccc(C(C)N)c2)s1. The number of benzene rings is 1. The fourth-order valence-electron chi connectivity index (χ4n) is 2.01. The van der Waals surface area contributed by atoms with Gasteiger partial charge in [0.2, 0.25) is 10.0 Å². The van der Waals surface area contributed by atoms with E-state index < -0.39 is 10.0 Å². The van der Waals surface area contributed by atoms with Crippen molar-refractivity contribution in [2.45, 2.75) is 37.8 Å². The van der Waals surface area contributed by atoms with Gasteiger partial charge in [0.25, 0.3) is 0 Å². The number of sulfonamides is 1. The predicted octanol–water partition coefficient (Wildman–Crippen LogP) is 3.12. The normalized spacial score (nSPS) is 14.9. The van der Waals surface area contributed by atoms with Gasteiger partial charge >= 0.3 is 0 Å². The molecule has 0 saturated carbocycles. The first-order valence-corrected chi connectivity index (χ1v) is 9.04. The van der Waals surface area contributed by atoms with Crippen molar-refractivity contribution < 1.29 is 8.42 Å². The molecule has 0 bridgehead atoms. The topological polar surface area (TPSA) is 72.2 Å². The Balaban J connectivity index is 2.24. The Morgan fingerprint density at radius 3 is 2.48 bits per heavy atom. The van der Waals surface area contributed by atoms with Crippen LogP contribution in [-0.4, -0.2) is 8.42 Å². The zero-order valence-electron chi connectivity index (χ0n) is 12.3. The Bertz CT molecular complexity index is 721. The standard InChI is InChI=1S/C15H20N2O2S2/c1-10-7-8-15(20-10)12(3)17-21(18,19)14-6-4-5-13(9-14)11(2)16/h4-9,11-12,17H,16H2,1-3H3. The second-order valence-electron chi connectivity index (χ2n) is 5.15. The first-order valence-electron chi connectivity index (χ1n) is 6.74. The molecule has 114 valence electrons. The summed E-state index contributed by atoms with van der Waals surface area (Å²) in [5.41, 5.74) is 6.61. The highest BCUT2D eigenvalue weighted by molar-refractivity contribution is 7.89. The summed E-state index contributed by atoms with van der Waals surface area (Å²) in [4.78, 5) is 2.41. The predicted molar refractivity (Wildman–Crippen MR) is 86.8 cm³/mol. The molecule has 0 aliphatic heterocycles. The van der Waals surface area contributed by atoms with Gasteiger partial charge in [-0.25, -0.2) is 13.1 Å². The van der Waals surface area contributed by atoms with Crippen molar-refractivity contribution in [2.24, 2.45) is 5.73 Å². The second kappa shape index (κ2) is 6.27. The number of nitrogens with one attached hydrogen (secondary N) is 1.